The van der Waals surface area contributed by atoms with E-state index in [0.717, 1.165) is 108 Å². The number of rotatable bonds is 4. The van der Waals surface area contributed by atoms with Crippen LogP contribution in [0.1, 0.15) is 34.3 Å². The molecule has 3 aliphatic heterocycles. The van der Waals surface area contributed by atoms with Gasteiger partial charge < -0.3 is 35.1 Å². The van der Waals surface area contributed by atoms with Crippen LogP contribution in [0.5, 0.6) is 0 Å². The molecule has 0 aliphatic carbocycles. The predicted octanol–water partition coefficient (Wildman–Crippen LogP) is 6.61. The van der Waals surface area contributed by atoms with Gasteiger partial charge in [-0.3, -0.25) is 20.2 Å². The standard InChI is InChI=1S/C12H14N4O3S.C12H16N4OS.C7H4BrN3O2S.C5H11NO/c1-8-14-10-11(15-3-2-5-19-6-4-15)9(16(17)18)7-13-12(10)20-8;1-8-15-10-11(9(13)7-14-12(10)18-8)16-3-2-5-17-6-4-16;1-3-10-6-5(8)4(11(12)13)2-9-7(6)14-3;1-2-6-3-5-7-4-1/h7H,2-6H2,1H3;7H,2-6,13H2,1H3;2H,1H3;6H,1-5H2. The summed E-state index contributed by atoms with van der Waals surface area (Å²) < 4.78 is 16.4. The number of hydrogen-bond acceptors (Lipinski definition) is 20. The van der Waals surface area contributed by atoms with E-state index in [0.29, 0.717) is 51.5 Å². The molecule has 9 heterocycles. The molecule has 3 saturated heterocycles. The quantitative estimate of drug-likeness (QED) is 0.140. The number of nitrogens with zero attached hydrogens (tertiary/aromatic N) is 10. The fourth-order valence-corrected chi connectivity index (χ4v) is 9.35. The maximum absolute atomic E-state index is 11.3. The molecule has 9 rings (SSSR count). The van der Waals surface area contributed by atoms with Crippen molar-refractivity contribution in [3.63, 3.8) is 0 Å². The van der Waals surface area contributed by atoms with E-state index in [4.69, 9.17) is 19.9 Å². The number of hydrogen-bond donors (Lipinski definition) is 2. The zero-order valence-electron chi connectivity index (χ0n) is 32.8. The average Bonchev–Trinajstić information content (AvgIpc) is 3.57. The molecule has 316 valence electrons. The molecule has 0 unspecified atom stereocenters. The highest BCUT2D eigenvalue weighted by Gasteiger charge is 2.26. The van der Waals surface area contributed by atoms with Crippen LogP contribution in [0.3, 0.4) is 0 Å². The van der Waals surface area contributed by atoms with Crippen molar-refractivity contribution in [3.05, 3.63) is 58.3 Å². The molecule has 0 atom stereocenters. The van der Waals surface area contributed by atoms with E-state index in [1.807, 2.05) is 25.7 Å². The summed E-state index contributed by atoms with van der Waals surface area (Å²) >= 11 is 7.63. The number of thiazole rings is 3. The van der Waals surface area contributed by atoms with E-state index < -0.39 is 4.92 Å². The third kappa shape index (κ3) is 11.5. The maximum Gasteiger partial charge on any atom is 0.312 e. The number of aromatic nitrogens is 6. The molecule has 0 aromatic carbocycles. The van der Waals surface area contributed by atoms with Crippen LogP contribution < -0.4 is 20.9 Å². The number of halogens is 1. The van der Waals surface area contributed by atoms with Crippen molar-refractivity contribution in [1.82, 2.24) is 35.2 Å². The lowest BCUT2D eigenvalue weighted by molar-refractivity contribution is -0.385. The summed E-state index contributed by atoms with van der Waals surface area (Å²) in [6.45, 7) is 15.7. The second kappa shape index (κ2) is 21.2. The predicted molar refractivity (Wildman–Crippen MR) is 235 cm³/mol. The summed E-state index contributed by atoms with van der Waals surface area (Å²) in [4.78, 5) is 53.3. The van der Waals surface area contributed by atoms with E-state index in [-0.39, 0.29) is 16.3 Å². The fourth-order valence-electron chi connectivity index (χ4n) is 6.40. The van der Waals surface area contributed by atoms with E-state index >= 15 is 0 Å². The maximum atomic E-state index is 11.3. The number of nitro groups is 2. The van der Waals surface area contributed by atoms with Crippen molar-refractivity contribution >= 4 is 109 Å². The molecular weight excluding hydrogens is 889 g/mol. The average molecular weight is 934 g/mol. The first kappa shape index (κ1) is 44.2. The number of pyridine rings is 3. The highest BCUT2D eigenvalue weighted by Crippen LogP contribution is 2.37. The van der Waals surface area contributed by atoms with E-state index in [1.54, 1.807) is 17.5 Å². The minimum Gasteiger partial charge on any atom is -0.396 e. The van der Waals surface area contributed by atoms with Gasteiger partial charge in [0.15, 0.2) is 0 Å². The summed E-state index contributed by atoms with van der Waals surface area (Å²) in [6, 6.07) is 0. The fraction of sp³-hybridized carbons (Fsp3) is 0.500. The minimum absolute atomic E-state index is 0.0182. The summed E-state index contributed by atoms with van der Waals surface area (Å²) in [6.07, 6.45) is 7.35. The number of nitrogens with one attached hydrogen (secondary N) is 1. The molecule has 23 heteroatoms. The van der Waals surface area contributed by atoms with Gasteiger partial charge in [-0.15, -0.1) is 0 Å². The van der Waals surface area contributed by atoms with Crippen LogP contribution in [0.15, 0.2) is 23.1 Å². The third-order valence-corrected chi connectivity index (χ3v) is 12.4. The highest BCUT2D eigenvalue weighted by molar-refractivity contribution is 9.10. The second-order valence-electron chi connectivity index (χ2n) is 13.3. The number of aryl methyl sites for hydroxylation is 3. The van der Waals surface area contributed by atoms with Gasteiger partial charge in [-0.1, -0.05) is 34.0 Å². The molecule has 3 N–H and O–H groups in total. The van der Waals surface area contributed by atoms with Crippen molar-refractivity contribution < 1.29 is 24.1 Å². The molecular formula is C36H45BrN12O7S3. The Kier molecular flexibility index (Phi) is 15.9. The van der Waals surface area contributed by atoms with E-state index in [1.165, 1.54) is 41.5 Å². The third-order valence-electron chi connectivity index (χ3n) is 9.01. The topological polar surface area (TPSA) is 236 Å². The first-order valence-corrected chi connectivity index (χ1v) is 22.2. The Bertz CT molecular complexity index is 2340. The molecule has 19 nitrogen and oxygen atoms in total. The summed E-state index contributed by atoms with van der Waals surface area (Å²) in [7, 11) is 0. The van der Waals surface area contributed by atoms with Gasteiger partial charge in [-0.05, 0) is 62.5 Å². The molecule has 59 heavy (non-hydrogen) atoms. The van der Waals surface area contributed by atoms with Gasteiger partial charge in [0.25, 0.3) is 0 Å². The number of nitrogens with two attached hydrogens (primary N) is 1. The van der Waals surface area contributed by atoms with Gasteiger partial charge in [0.1, 0.15) is 53.6 Å². The van der Waals surface area contributed by atoms with Crippen molar-refractivity contribution in [2.24, 2.45) is 0 Å². The molecule has 0 spiro atoms. The second-order valence-corrected chi connectivity index (χ2v) is 17.6. The normalized spacial score (nSPS) is 16.1. The molecule has 0 bridgehead atoms. The van der Waals surface area contributed by atoms with Crippen LogP contribution in [0, 0.1) is 41.0 Å². The van der Waals surface area contributed by atoms with E-state index in [9.17, 15) is 20.2 Å². The van der Waals surface area contributed by atoms with Crippen LogP contribution in [0.4, 0.5) is 28.4 Å². The summed E-state index contributed by atoms with van der Waals surface area (Å²) in [5, 5.41) is 27.8. The summed E-state index contributed by atoms with van der Waals surface area (Å²) in [5.74, 6) is 0. The number of fused-ring (bicyclic) bond motifs is 3. The number of ether oxygens (including phenoxy) is 3. The van der Waals surface area contributed by atoms with Gasteiger partial charge in [0.05, 0.1) is 62.3 Å². The Labute approximate surface area is 359 Å². The monoisotopic (exact) mass is 932 g/mol. The first-order valence-electron chi connectivity index (χ1n) is 18.9. The molecule has 6 aromatic heterocycles. The van der Waals surface area contributed by atoms with Crippen LogP contribution in [-0.2, 0) is 14.2 Å². The van der Waals surface area contributed by atoms with E-state index in [2.05, 4.69) is 56.1 Å². The Balaban J connectivity index is 0.000000139. The summed E-state index contributed by atoms with van der Waals surface area (Å²) in [5.41, 5.74) is 10.5. The van der Waals surface area contributed by atoms with Crippen LogP contribution in [0.25, 0.3) is 31.0 Å². The lowest BCUT2D eigenvalue weighted by atomic mass is 10.2. The minimum atomic E-state index is -0.481. The lowest BCUT2D eigenvalue weighted by Gasteiger charge is -2.23. The Hall–Kier alpha value is -4.36. The number of anilines is 3. The van der Waals surface area contributed by atoms with Crippen LogP contribution in [-0.4, -0.2) is 119 Å². The first-order chi connectivity index (χ1) is 28.5. The van der Waals surface area contributed by atoms with Crippen LogP contribution >= 0.6 is 49.9 Å². The Morgan fingerprint density at radius 2 is 1.12 bits per heavy atom. The van der Waals surface area contributed by atoms with Gasteiger partial charge in [-0.25, -0.2) is 29.9 Å². The largest absolute Gasteiger partial charge is 0.396 e. The molecule has 3 fully saturated rings. The van der Waals surface area contributed by atoms with Gasteiger partial charge in [-0.2, -0.15) is 0 Å². The zero-order chi connectivity index (χ0) is 41.9. The molecule has 0 radical (unpaired) electrons. The Morgan fingerprint density at radius 1 is 0.644 bits per heavy atom. The van der Waals surface area contributed by atoms with Gasteiger partial charge in [0.2, 0.25) is 0 Å². The molecule has 0 saturated carbocycles. The SMILES string of the molecule is C1CNCCOC1.Cc1nc2c(Br)c([N+](=O)[O-])cnc2s1.Cc1nc2c(N3CCCOCC3)c(N)cnc2s1.Cc1nc2c(N3CCCOCC3)c([N+](=O)[O-])cnc2s1. The van der Waals surface area contributed by atoms with Crippen LogP contribution in [0.2, 0.25) is 0 Å². The van der Waals surface area contributed by atoms with Gasteiger partial charge in [0, 0.05) is 52.5 Å². The van der Waals surface area contributed by atoms with Crippen molar-refractivity contribution in [2.75, 3.05) is 94.4 Å². The molecule has 3 aliphatic rings. The smallest absolute Gasteiger partial charge is 0.312 e. The molecule has 6 aromatic rings. The Morgan fingerprint density at radius 3 is 1.71 bits per heavy atom. The van der Waals surface area contributed by atoms with Crippen molar-refractivity contribution in [1.29, 1.82) is 0 Å². The highest BCUT2D eigenvalue weighted by atomic mass is 79.9. The van der Waals surface area contributed by atoms with Crippen molar-refractivity contribution in [2.45, 2.75) is 40.0 Å². The lowest BCUT2D eigenvalue weighted by Crippen LogP contribution is -2.27. The number of nitrogen functional groups attached to an aromatic ring is 1. The van der Waals surface area contributed by atoms with Crippen molar-refractivity contribution in [3.8, 4) is 0 Å². The zero-order valence-corrected chi connectivity index (χ0v) is 36.9. The van der Waals surface area contributed by atoms with Gasteiger partial charge >= 0.3 is 11.4 Å². The molecule has 0 amide bonds.